The summed E-state index contributed by atoms with van der Waals surface area (Å²) in [6, 6.07) is 58.9. The molecule has 2 aliphatic carbocycles. The van der Waals surface area contributed by atoms with Gasteiger partial charge in [-0.25, -0.2) is 0 Å². The zero-order chi connectivity index (χ0) is 33.8. The van der Waals surface area contributed by atoms with Crippen molar-refractivity contribution in [1.29, 1.82) is 0 Å². The number of benzene rings is 8. The van der Waals surface area contributed by atoms with Gasteiger partial charge >= 0.3 is 0 Å². The van der Waals surface area contributed by atoms with Gasteiger partial charge in [-0.1, -0.05) is 173 Å². The van der Waals surface area contributed by atoms with E-state index in [1.54, 1.807) is 0 Å². The van der Waals surface area contributed by atoms with Gasteiger partial charge in [0, 0.05) is 10.8 Å². The Hall–Kier alpha value is -5.72. The molecule has 0 heterocycles. The van der Waals surface area contributed by atoms with Crippen LogP contribution in [0.2, 0.25) is 0 Å². The Morgan fingerprint density at radius 3 is 1.38 bits per heavy atom. The molecule has 8 aromatic carbocycles. The molecular formula is C50H38. The average Bonchev–Trinajstić information content (AvgIpc) is 3.53. The Labute approximate surface area is 294 Å². The van der Waals surface area contributed by atoms with Gasteiger partial charge in [0.25, 0.3) is 0 Å². The Morgan fingerprint density at radius 2 is 0.740 bits per heavy atom. The monoisotopic (exact) mass is 638 g/mol. The van der Waals surface area contributed by atoms with E-state index in [4.69, 9.17) is 0 Å². The quantitative estimate of drug-likeness (QED) is 0.169. The molecule has 2 aliphatic rings. The fourth-order valence-corrected chi connectivity index (χ4v) is 9.57. The van der Waals surface area contributed by atoms with Crippen LogP contribution in [0.4, 0.5) is 0 Å². The molecule has 0 bridgehead atoms. The van der Waals surface area contributed by atoms with E-state index >= 15 is 0 Å². The van der Waals surface area contributed by atoms with Crippen molar-refractivity contribution >= 4 is 21.5 Å². The first-order valence-corrected chi connectivity index (χ1v) is 17.9. The molecule has 0 amide bonds. The molecule has 0 unspecified atom stereocenters. The Morgan fingerprint density at radius 1 is 0.300 bits per heavy atom. The Balaban J connectivity index is 1.13. The van der Waals surface area contributed by atoms with E-state index in [9.17, 15) is 0 Å². The van der Waals surface area contributed by atoms with E-state index in [2.05, 4.69) is 185 Å². The van der Waals surface area contributed by atoms with E-state index in [1.807, 2.05) is 0 Å². The first-order valence-electron chi connectivity index (χ1n) is 17.9. The van der Waals surface area contributed by atoms with Crippen molar-refractivity contribution in [3.05, 3.63) is 180 Å². The second-order valence-electron chi connectivity index (χ2n) is 15.3. The summed E-state index contributed by atoms with van der Waals surface area (Å²) < 4.78 is 0. The van der Waals surface area contributed by atoms with Gasteiger partial charge in [-0.2, -0.15) is 0 Å². The standard InChI is InChI=1S/C50H38/c1-49(2)43-24-13-12-19-35(43)41-27-28-42-36-26-25-33(30-44(36)50(3,4)48(42)47(41)49)32-17-14-18-34(29-32)46-39-22-10-8-20-37(39)45(31-15-6-5-7-16-31)38-21-9-11-23-40(38)46/h5-30H,1-4H3. The molecule has 0 aromatic heterocycles. The minimum Gasteiger partial charge on any atom is -0.0622 e. The zero-order valence-electron chi connectivity index (χ0n) is 29.0. The maximum absolute atomic E-state index is 2.48. The second kappa shape index (κ2) is 10.4. The van der Waals surface area contributed by atoms with Crippen LogP contribution in [0.25, 0.3) is 77.2 Å². The van der Waals surface area contributed by atoms with Crippen molar-refractivity contribution < 1.29 is 0 Å². The van der Waals surface area contributed by atoms with Crippen molar-refractivity contribution in [1.82, 2.24) is 0 Å². The third-order valence-electron chi connectivity index (χ3n) is 11.8. The first kappa shape index (κ1) is 29.2. The van der Waals surface area contributed by atoms with Crippen LogP contribution in [0.15, 0.2) is 158 Å². The van der Waals surface area contributed by atoms with Crippen LogP contribution in [0.5, 0.6) is 0 Å². The Kier molecular flexibility index (Phi) is 6.07. The van der Waals surface area contributed by atoms with Gasteiger partial charge in [-0.3, -0.25) is 0 Å². The molecule has 0 aliphatic heterocycles. The van der Waals surface area contributed by atoms with Crippen molar-refractivity contribution in [2.24, 2.45) is 0 Å². The molecule has 0 radical (unpaired) electrons. The highest BCUT2D eigenvalue weighted by atomic mass is 14.5. The summed E-state index contributed by atoms with van der Waals surface area (Å²) in [5, 5.41) is 5.13. The molecule has 238 valence electrons. The van der Waals surface area contributed by atoms with Gasteiger partial charge in [0.05, 0.1) is 0 Å². The summed E-state index contributed by atoms with van der Waals surface area (Å²) in [4.78, 5) is 0. The van der Waals surface area contributed by atoms with E-state index < -0.39 is 0 Å². The van der Waals surface area contributed by atoms with E-state index in [0.29, 0.717) is 0 Å². The summed E-state index contributed by atoms with van der Waals surface area (Å²) in [5.74, 6) is 0. The molecule has 0 heteroatoms. The summed E-state index contributed by atoms with van der Waals surface area (Å²) >= 11 is 0. The fourth-order valence-electron chi connectivity index (χ4n) is 9.57. The van der Waals surface area contributed by atoms with Crippen molar-refractivity contribution in [2.75, 3.05) is 0 Å². The van der Waals surface area contributed by atoms with Gasteiger partial charge in [0.15, 0.2) is 0 Å². The normalized spacial score (nSPS) is 14.7. The van der Waals surface area contributed by atoms with Crippen LogP contribution in [0.3, 0.4) is 0 Å². The number of hydrogen-bond acceptors (Lipinski definition) is 0. The van der Waals surface area contributed by atoms with Crippen LogP contribution < -0.4 is 0 Å². The van der Waals surface area contributed by atoms with E-state index in [0.717, 1.165) is 0 Å². The summed E-state index contributed by atoms with van der Waals surface area (Å²) in [6.07, 6.45) is 0. The number of fused-ring (bicyclic) bond motifs is 9. The van der Waals surface area contributed by atoms with E-state index in [-0.39, 0.29) is 10.8 Å². The lowest BCUT2D eigenvalue weighted by molar-refractivity contribution is 0.601. The molecule has 0 N–H and O–H groups in total. The molecule has 0 spiro atoms. The number of rotatable bonds is 3. The molecule has 10 rings (SSSR count). The predicted octanol–water partition coefficient (Wildman–Crippen LogP) is 13.6. The van der Waals surface area contributed by atoms with Gasteiger partial charge in [0.2, 0.25) is 0 Å². The first-order chi connectivity index (χ1) is 24.3. The van der Waals surface area contributed by atoms with Crippen molar-refractivity contribution in [3.63, 3.8) is 0 Å². The molecule has 0 saturated heterocycles. The lowest BCUT2D eigenvalue weighted by Crippen LogP contribution is -2.24. The maximum atomic E-state index is 2.48. The predicted molar refractivity (Wildman–Crippen MR) is 213 cm³/mol. The SMILES string of the molecule is CC1(C)c2ccccc2-c2ccc3c(c21)C(C)(C)c1cc(-c2cccc(-c4c5ccccc5c(-c5ccccc5)c5ccccc45)c2)ccc1-3. The Bertz CT molecular complexity index is 2630. The zero-order valence-corrected chi connectivity index (χ0v) is 29.0. The minimum atomic E-state index is -0.122. The van der Waals surface area contributed by atoms with Gasteiger partial charge in [-0.15, -0.1) is 0 Å². The lowest BCUT2D eigenvalue weighted by atomic mass is 9.72. The summed E-state index contributed by atoms with van der Waals surface area (Å²) in [7, 11) is 0. The van der Waals surface area contributed by atoms with Crippen molar-refractivity contribution in [2.45, 2.75) is 38.5 Å². The fraction of sp³-hybridized carbons (Fsp3) is 0.120. The molecule has 0 nitrogen and oxygen atoms in total. The molecule has 0 saturated carbocycles. The third-order valence-corrected chi connectivity index (χ3v) is 11.8. The molecule has 50 heavy (non-hydrogen) atoms. The van der Waals surface area contributed by atoms with Gasteiger partial charge in [-0.05, 0) is 112 Å². The van der Waals surface area contributed by atoms with Crippen LogP contribution in [0.1, 0.15) is 49.9 Å². The summed E-state index contributed by atoms with van der Waals surface area (Å²) in [5.41, 5.74) is 18.8. The number of hydrogen-bond donors (Lipinski definition) is 0. The molecular weight excluding hydrogens is 601 g/mol. The van der Waals surface area contributed by atoms with Gasteiger partial charge in [0.1, 0.15) is 0 Å². The largest absolute Gasteiger partial charge is 0.0622 e. The van der Waals surface area contributed by atoms with Crippen molar-refractivity contribution in [3.8, 4) is 55.6 Å². The summed E-state index contributed by atoms with van der Waals surface area (Å²) in [6.45, 7) is 9.69. The van der Waals surface area contributed by atoms with Crippen LogP contribution in [0, 0.1) is 0 Å². The lowest BCUT2D eigenvalue weighted by Gasteiger charge is -2.30. The minimum absolute atomic E-state index is 0.0463. The highest BCUT2D eigenvalue weighted by molar-refractivity contribution is 6.21. The van der Waals surface area contributed by atoms with Gasteiger partial charge < -0.3 is 0 Å². The molecule has 8 aromatic rings. The molecule has 0 atom stereocenters. The van der Waals surface area contributed by atoms with Crippen LogP contribution >= 0.6 is 0 Å². The highest BCUT2D eigenvalue weighted by Crippen LogP contribution is 2.59. The molecule has 0 fully saturated rings. The van der Waals surface area contributed by atoms with E-state index in [1.165, 1.54) is 99.4 Å². The van der Waals surface area contributed by atoms with Crippen LogP contribution in [-0.2, 0) is 10.8 Å². The highest BCUT2D eigenvalue weighted by Gasteiger charge is 2.45. The smallest absolute Gasteiger partial charge is 0.0162 e. The third kappa shape index (κ3) is 3.94. The average molecular weight is 639 g/mol. The second-order valence-corrected chi connectivity index (χ2v) is 15.3. The maximum Gasteiger partial charge on any atom is 0.0162 e. The van der Waals surface area contributed by atoms with Crippen LogP contribution in [-0.4, -0.2) is 0 Å². The topological polar surface area (TPSA) is 0 Å².